The number of halogens is 1. The molecule has 2 amide bonds. The minimum Gasteiger partial charge on any atom is -0.342 e. The van der Waals surface area contributed by atoms with Gasteiger partial charge in [0.2, 0.25) is 11.8 Å². The number of amides is 2. The van der Waals surface area contributed by atoms with E-state index in [9.17, 15) is 14.0 Å². The summed E-state index contributed by atoms with van der Waals surface area (Å²) < 4.78 is 13.1. The number of piperazine rings is 1. The zero-order valence-electron chi connectivity index (χ0n) is 10.6. The van der Waals surface area contributed by atoms with Gasteiger partial charge in [-0.1, -0.05) is 0 Å². The number of hydrogen-bond acceptors (Lipinski definition) is 2. The Hall–Kier alpha value is -1.91. The average Bonchev–Trinajstić information content (AvgIpc) is 3.16. The van der Waals surface area contributed by atoms with E-state index in [1.807, 2.05) is 0 Å². The van der Waals surface area contributed by atoms with Gasteiger partial charge in [-0.05, 0) is 49.4 Å². The zero-order valence-corrected chi connectivity index (χ0v) is 10.6. The summed E-state index contributed by atoms with van der Waals surface area (Å²) in [4.78, 5) is 25.6. The van der Waals surface area contributed by atoms with Crippen LogP contribution < -0.4 is 10.2 Å². The van der Waals surface area contributed by atoms with Crippen LogP contribution in [0, 0.1) is 18.7 Å². The van der Waals surface area contributed by atoms with E-state index < -0.39 is 6.04 Å². The van der Waals surface area contributed by atoms with E-state index in [-0.39, 0.29) is 30.1 Å². The molecule has 0 spiro atoms. The predicted octanol–water partition coefficient (Wildman–Crippen LogP) is 1.38. The molecular formula is C14H15FN2O2. The van der Waals surface area contributed by atoms with Gasteiger partial charge in [-0.15, -0.1) is 0 Å². The smallest absolute Gasteiger partial charge is 0.250 e. The first-order chi connectivity index (χ1) is 9.06. The van der Waals surface area contributed by atoms with Crippen LogP contribution >= 0.6 is 0 Å². The summed E-state index contributed by atoms with van der Waals surface area (Å²) in [5.41, 5.74) is 1.28. The van der Waals surface area contributed by atoms with Crippen LogP contribution in [0.25, 0.3) is 0 Å². The minimum absolute atomic E-state index is 0.00846. The predicted molar refractivity (Wildman–Crippen MR) is 68.1 cm³/mol. The normalized spacial score (nSPS) is 23.5. The first kappa shape index (κ1) is 12.1. The highest BCUT2D eigenvalue weighted by molar-refractivity contribution is 6.07. The monoisotopic (exact) mass is 262 g/mol. The lowest BCUT2D eigenvalue weighted by atomic mass is 10.1. The van der Waals surface area contributed by atoms with Crippen molar-refractivity contribution in [3.63, 3.8) is 0 Å². The van der Waals surface area contributed by atoms with Crippen LogP contribution in [0.15, 0.2) is 18.2 Å². The molecule has 1 atom stereocenters. The average molecular weight is 262 g/mol. The lowest BCUT2D eigenvalue weighted by Gasteiger charge is -2.33. The highest BCUT2D eigenvalue weighted by atomic mass is 19.1. The quantitative estimate of drug-likeness (QED) is 0.875. The van der Waals surface area contributed by atoms with E-state index in [4.69, 9.17) is 0 Å². The van der Waals surface area contributed by atoms with Gasteiger partial charge in [-0.3, -0.25) is 9.59 Å². The third-order valence-corrected chi connectivity index (χ3v) is 3.69. The van der Waals surface area contributed by atoms with Crippen LogP contribution in [0.4, 0.5) is 10.1 Å². The maximum Gasteiger partial charge on any atom is 0.250 e. The van der Waals surface area contributed by atoms with Crippen molar-refractivity contribution in [3.05, 3.63) is 29.6 Å². The number of nitrogens with one attached hydrogen (secondary N) is 1. The zero-order chi connectivity index (χ0) is 13.6. The van der Waals surface area contributed by atoms with Gasteiger partial charge < -0.3 is 10.2 Å². The molecule has 0 aromatic heterocycles. The maximum absolute atomic E-state index is 13.1. The fraction of sp³-hybridized carbons (Fsp3) is 0.429. The van der Waals surface area contributed by atoms with Crippen molar-refractivity contribution in [1.29, 1.82) is 0 Å². The Morgan fingerprint density at radius 2 is 2.05 bits per heavy atom. The van der Waals surface area contributed by atoms with Crippen molar-refractivity contribution in [2.24, 2.45) is 5.92 Å². The van der Waals surface area contributed by atoms with Gasteiger partial charge in [0.15, 0.2) is 0 Å². The molecule has 0 bridgehead atoms. The van der Waals surface area contributed by atoms with Crippen molar-refractivity contribution in [1.82, 2.24) is 5.32 Å². The molecule has 3 rings (SSSR count). The molecule has 1 aromatic rings. The van der Waals surface area contributed by atoms with Gasteiger partial charge in [0.05, 0.1) is 0 Å². The summed E-state index contributed by atoms with van der Waals surface area (Å²) in [7, 11) is 0. The molecule has 5 heteroatoms. The van der Waals surface area contributed by atoms with E-state index in [2.05, 4.69) is 5.32 Å². The van der Waals surface area contributed by atoms with Crippen LogP contribution in [0.5, 0.6) is 0 Å². The largest absolute Gasteiger partial charge is 0.342 e. The summed E-state index contributed by atoms with van der Waals surface area (Å²) in [5.74, 6) is -0.314. The van der Waals surface area contributed by atoms with Gasteiger partial charge in [0.25, 0.3) is 0 Å². The minimum atomic E-state index is -0.411. The lowest BCUT2D eigenvalue weighted by Crippen LogP contribution is -2.59. The number of benzene rings is 1. The molecule has 1 aliphatic carbocycles. The highest BCUT2D eigenvalue weighted by Gasteiger charge is 2.43. The number of nitrogens with zero attached hydrogens (tertiary/aromatic N) is 1. The topological polar surface area (TPSA) is 49.4 Å². The molecule has 1 saturated heterocycles. The summed E-state index contributed by atoms with van der Waals surface area (Å²) >= 11 is 0. The Bertz CT molecular complexity index is 554. The number of hydrogen-bond donors (Lipinski definition) is 1. The van der Waals surface area contributed by atoms with Crippen LogP contribution in [0.2, 0.25) is 0 Å². The molecule has 1 saturated carbocycles. The van der Waals surface area contributed by atoms with E-state index >= 15 is 0 Å². The number of aryl methyl sites for hydroxylation is 1. The van der Waals surface area contributed by atoms with Gasteiger partial charge >= 0.3 is 0 Å². The molecule has 1 aliphatic heterocycles. The molecule has 100 valence electrons. The van der Waals surface area contributed by atoms with Gasteiger partial charge in [-0.2, -0.15) is 0 Å². The van der Waals surface area contributed by atoms with Crippen molar-refractivity contribution in [2.45, 2.75) is 25.8 Å². The van der Waals surface area contributed by atoms with Crippen LogP contribution in [-0.4, -0.2) is 24.4 Å². The van der Waals surface area contributed by atoms with Crippen molar-refractivity contribution in [2.75, 3.05) is 11.4 Å². The molecule has 0 radical (unpaired) electrons. The van der Waals surface area contributed by atoms with Crippen molar-refractivity contribution in [3.8, 4) is 0 Å². The lowest BCUT2D eigenvalue weighted by molar-refractivity contribution is -0.131. The van der Waals surface area contributed by atoms with Gasteiger partial charge in [0, 0.05) is 5.69 Å². The molecule has 2 aliphatic rings. The summed E-state index contributed by atoms with van der Waals surface area (Å²) in [6.07, 6.45) is 1.96. The number of carbonyl (C=O) groups excluding carboxylic acids is 2. The Labute approximate surface area is 110 Å². The fourth-order valence-corrected chi connectivity index (χ4v) is 2.54. The van der Waals surface area contributed by atoms with E-state index in [1.54, 1.807) is 13.0 Å². The van der Waals surface area contributed by atoms with E-state index in [0.717, 1.165) is 12.8 Å². The summed E-state index contributed by atoms with van der Waals surface area (Å²) in [6, 6.07) is 3.84. The Morgan fingerprint density at radius 1 is 1.32 bits per heavy atom. The maximum atomic E-state index is 13.1. The number of carbonyl (C=O) groups is 2. The van der Waals surface area contributed by atoms with E-state index in [1.165, 1.54) is 17.0 Å². The molecule has 1 N–H and O–H groups in total. The van der Waals surface area contributed by atoms with Crippen LogP contribution in [0.1, 0.15) is 18.4 Å². The van der Waals surface area contributed by atoms with Crippen LogP contribution in [-0.2, 0) is 9.59 Å². The van der Waals surface area contributed by atoms with Crippen molar-refractivity contribution < 1.29 is 14.0 Å². The summed E-state index contributed by atoms with van der Waals surface area (Å²) in [6.45, 7) is 1.75. The number of anilines is 1. The fourth-order valence-electron chi connectivity index (χ4n) is 2.54. The molecule has 19 heavy (non-hydrogen) atoms. The third-order valence-electron chi connectivity index (χ3n) is 3.69. The van der Waals surface area contributed by atoms with Crippen molar-refractivity contribution >= 4 is 17.5 Å². The number of rotatable bonds is 2. The standard InChI is InChI=1S/C14H15FN2O2/c1-8-6-10(15)4-5-11(8)17-7-12(18)16-13(14(17)19)9-2-3-9/h4-6,9,13H,2-3,7H2,1H3,(H,16,18). The Kier molecular flexibility index (Phi) is 2.77. The molecule has 4 nitrogen and oxygen atoms in total. The molecule has 1 aromatic carbocycles. The Morgan fingerprint density at radius 3 is 2.68 bits per heavy atom. The molecule has 1 heterocycles. The first-order valence-corrected chi connectivity index (χ1v) is 6.43. The summed E-state index contributed by atoms with van der Waals surface area (Å²) in [5, 5.41) is 2.75. The SMILES string of the molecule is Cc1cc(F)ccc1N1CC(=O)NC(C2CC2)C1=O. The first-order valence-electron chi connectivity index (χ1n) is 6.43. The molecule has 2 fully saturated rings. The second-order valence-corrected chi connectivity index (χ2v) is 5.24. The Balaban J connectivity index is 1.93. The van der Waals surface area contributed by atoms with Crippen LogP contribution in [0.3, 0.4) is 0 Å². The van der Waals surface area contributed by atoms with Gasteiger partial charge in [-0.25, -0.2) is 4.39 Å². The third kappa shape index (κ3) is 2.20. The van der Waals surface area contributed by atoms with Gasteiger partial charge in [0.1, 0.15) is 18.4 Å². The second kappa shape index (κ2) is 4.33. The second-order valence-electron chi connectivity index (χ2n) is 5.24. The molecular weight excluding hydrogens is 247 g/mol. The molecule has 1 unspecified atom stereocenters. The highest BCUT2D eigenvalue weighted by Crippen LogP contribution is 2.35. The van der Waals surface area contributed by atoms with E-state index in [0.29, 0.717) is 11.3 Å².